The molecule has 0 spiro atoms. The molecule has 0 radical (unpaired) electrons. The number of amides is 5. The molecule has 5 amide bonds. The molecule has 4 rings (SSSR count). The molecule has 1 aromatic carbocycles. The molecule has 2 fully saturated rings. The summed E-state index contributed by atoms with van der Waals surface area (Å²) in [6.07, 6.45) is 8.48. The van der Waals surface area contributed by atoms with Crippen LogP contribution in [0.3, 0.4) is 0 Å². The quantitative estimate of drug-likeness (QED) is 0.569. The highest BCUT2D eigenvalue weighted by Crippen LogP contribution is 2.30. The molecule has 8 nitrogen and oxygen atoms in total. The number of aromatic nitrogens is 1. The molecular formula is C23H26N4O4. The van der Waals surface area contributed by atoms with Gasteiger partial charge in [0, 0.05) is 23.2 Å². The lowest BCUT2D eigenvalue weighted by Gasteiger charge is -2.35. The van der Waals surface area contributed by atoms with Gasteiger partial charge in [-0.05, 0) is 30.9 Å². The molecule has 1 aliphatic carbocycles. The number of barbiturate groups is 1. The smallest absolute Gasteiger partial charge is 0.331 e. The molecule has 2 heterocycles. The minimum absolute atomic E-state index is 0.0104. The Morgan fingerprint density at radius 2 is 1.94 bits per heavy atom. The molecule has 2 aliphatic rings. The Hall–Kier alpha value is -3.42. The third-order valence-electron chi connectivity index (χ3n) is 6.09. The summed E-state index contributed by atoms with van der Waals surface area (Å²) in [4.78, 5) is 51.0. The number of hydrogen-bond acceptors (Lipinski definition) is 4. The number of para-hydroxylation sites is 1. The zero-order chi connectivity index (χ0) is 22.1. The van der Waals surface area contributed by atoms with Gasteiger partial charge >= 0.3 is 6.03 Å². The van der Waals surface area contributed by atoms with E-state index in [0.29, 0.717) is 5.56 Å². The fraction of sp³-hybridized carbons (Fsp3) is 0.391. The van der Waals surface area contributed by atoms with Gasteiger partial charge < -0.3 is 10.3 Å². The van der Waals surface area contributed by atoms with Gasteiger partial charge in [-0.25, -0.2) is 4.79 Å². The van der Waals surface area contributed by atoms with E-state index in [-0.39, 0.29) is 18.2 Å². The van der Waals surface area contributed by atoms with E-state index in [4.69, 9.17) is 5.73 Å². The average Bonchev–Trinajstić information content (AvgIpc) is 3.08. The summed E-state index contributed by atoms with van der Waals surface area (Å²) in [6, 6.07) is 4.91. The number of primary amides is 1. The normalized spacial score (nSPS) is 19.3. The van der Waals surface area contributed by atoms with Gasteiger partial charge in [-0.3, -0.25) is 24.6 Å². The first-order valence-electron chi connectivity index (χ1n) is 10.7. The third kappa shape index (κ3) is 3.85. The highest BCUT2D eigenvalue weighted by Gasteiger charge is 2.40. The Kier molecular flexibility index (Phi) is 5.63. The number of fused-ring (bicyclic) bond motifs is 1. The number of imide groups is 2. The molecule has 1 aliphatic heterocycles. The van der Waals surface area contributed by atoms with Crippen molar-refractivity contribution >= 4 is 40.7 Å². The van der Waals surface area contributed by atoms with Crippen LogP contribution in [0.4, 0.5) is 4.79 Å². The Balaban J connectivity index is 1.79. The number of nitrogens with one attached hydrogen (secondary N) is 1. The van der Waals surface area contributed by atoms with Crippen molar-refractivity contribution in [1.29, 1.82) is 0 Å². The molecular weight excluding hydrogens is 396 g/mol. The molecule has 1 saturated heterocycles. The van der Waals surface area contributed by atoms with E-state index in [9.17, 15) is 19.2 Å². The minimum atomic E-state index is -0.704. The van der Waals surface area contributed by atoms with Gasteiger partial charge in [0.15, 0.2) is 0 Å². The average molecular weight is 422 g/mol. The van der Waals surface area contributed by atoms with Crippen molar-refractivity contribution in [2.75, 3.05) is 0 Å². The maximum atomic E-state index is 13.2. The maximum Gasteiger partial charge on any atom is 0.331 e. The lowest BCUT2D eigenvalue weighted by Crippen LogP contribution is -2.58. The predicted molar refractivity (Wildman–Crippen MR) is 116 cm³/mol. The van der Waals surface area contributed by atoms with Gasteiger partial charge in [-0.2, -0.15) is 0 Å². The van der Waals surface area contributed by atoms with Crippen LogP contribution in [-0.4, -0.2) is 39.3 Å². The lowest BCUT2D eigenvalue weighted by atomic mass is 9.93. The molecule has 31 heavy (non-hydrogen) atoms. The summed E-state index contributed by atoms with van der Waals surface area (Å²) < 4.78 is 1.75. The van der Waals surface area contributed by atoms with E-state index in [1.54, 1.807) is 10.8 Å². The van der Waals surface area contributed by atoms with Gasteiger partial charge in [0.2, 0.25) is 5.91 Å². The van der Waals surface area contributed by atoms with E-state index in [1.807, 2.05) is 25.1 Å². The summed E-state index contributed by atoms with van der Waals surface area (Å²) in [5.74, 6) is -1.75. The van der Waals surface area contributed by atoms with Crippen LogP contribution in [0.15, 0.2) is 30.0 Å². The highest BCUT2D eigenvalue weighted by atomic mass is 16.2. The lowest BCUT2D eigenvalue weighted by molar-refractivity contribution is -0.132. The SMILES string of the molecule is CCc1cccc2c(/C=C3\C(=O)NC(=O)N(C4CCCCC4)C3=O)cn(CC(N)=O)c12. The van der Waals surface area contributed by atoms with E-state index < -0.39 is 23.8 Å². The first-order valence-corrected chi connectivity index (χ1v) is 10.7. The zero-order valence-corrected chi connectivity index (χ0v) is 17.5. The second-order valence-electron chi connectivity index (χ2n) is 8.13. The highest BCUT2D eigenvalue weighted by molar-refractivity contribution is 6.31. The Labute approximate surface area is 180 Å². The second kappa shape index (κ2) is 8.37. The van der Waals surface area contributed by atoms with Gasteiger partial charge in [-0.1, -0.05) is 44.4 Å². The largest absolute Gasteiger partial charge is 0.368 e. The van der Waals surface area contributed by atoms with E-state index in [2.05, 4.69) is 5.32 Å². The molecule has 0 unspecified atom stereocenters. The van der Waals surface area contributed by atoms with Gasteiger partial charge in [0.1, 0.15) is 12.1 Å². The number of hydrogen-bond donors (Lipinski definition) is 2. The zero-order valence-electron chi connectivity index (χ0n) is 17.5. The van der Waals surface area contributed by atoms with Crippen LogP contribution >= 0.6 is 0 Å². The Morgan fingerprint density at radius 3 is 2.61 bits per heavy atom. The number of carbonyl (C=O) groups excluding carboxylic acids is 4. The fourth-order valence-electron chi connectivity index (χ4n) is 4.66. The summed E-state index contributed by atoms with van der Waals surface area (Å²) in [5, 5.41) is 3.13. The number of aryl methyl sites for hydroxylation is 1. The molecule has 0 atom stereocenters. The number of carbonyl (C=O) groups is 4. The number of rotatable bonds is 5. The van der Waals surface area contributed by atoms with Crippen LogP contribution in [0.5, 0.6) is 0 Å². The molecule has 0 bridgehead atoms. The number of nitrogens with zero attached hydrogens (tertiary/aromatic N) is 2. The molecule has 162 valence electrons. The standard InChI is InChI=1S/C23H26N4O4/c1-2-14-7-6-10-17-15(12-26(20(14)17)13-19(24)28)11-18-21(29)25-23(31)27(22(18)30)16-8-4-3-5-9-16/h6-7,10-12,16H,2-5,8-9,13H2,1H3,(H2,24,28)(H,25,29,31)/b18-11+. The van der Waals surface area contributed by atoms with E-state index >= 15 is 0 Å². The number of urea groups is 1. The van der Waals surface area contributed by atoms with Crippen molar-refractivity contribution in [1.82, 2.24) is 14.8 Å². The van der Waals surface area contributed by atoms with Crippen LogP contribution in [0, 0.1) is 0 Å². The topological polar surface area (TPSA) is 114 Å². The third-order valence-corrected chi connectivity index (χ3v) is 6.09. The molecule has 3 N–H and O–H groups in total. The fourth-order valence-corrected chi connectivity index (χ4v) is 4.66. The predicted octanol–water partition coefficient (Wildman–Crippen LogP) is 2.48. The number of benzene rings is 1. The minimum Gasteiger partial charge on any atom is -0.368 e. The van der Waals surface area contributed by atoms with Gasteiger partial charge in [0.25, 0.3) is 11.8 Å². The van der Waals surface area contributed by atoms with Crippen LogP contribution in [0.2, 0.25) is 0 Å². The van der Waals surface area contributed by atoms with Crippen molar-refractivity contribution in [2.24, 2.45) is 5.73 Å². The van der Waals surface area contributed by atoms with Gasteiger partial charge in [-0.15, -0.1) is 0 Å². The summed E-state index contributed by atoms with van der Waals surface area (Å²) >= 11 is 0. The maximum absolute atomic E-state index is 13.2. The van der Waals surface area contributed by atoms with Crippen molar-refractivity contribution in [3.8, 4) is 0 Å². The molecule has 8 heteroatoms. The molecule has 1 aromatic heterocycles. The second-order valence-corrected chi connectivity index (χ2v) is 8.13. The number of nitrogens with two attached hydrogens (primary N) is 1. The van der Waals surface area contributed by atoms with E-state index in [0.717, 1.165) is 55.0 Å². The first-order chi connectivity index (χ1) is 14.9. The van der Waals surface area contributed by atoms with Crippen molar-refractivity contribution in [2.45, 2.75) is 58.0 Å². The van der Waals surface area contributed by atoms with Crippen molar-refractivity contribution < 1.29 is 19.2 Å². The Morgan fingerprint density at radius 1 is 1.19 bits per heavy atom. The Bertz CT molecular complexity index is 1110. The first kappa shape index (κ1) is 20.8. The molecule has 2 aromatic rings. The monoisotopic (exact) mass is 422 g/mol. The molecule has 1 saturated carbocycles. The van der Waals surface area contributed by atoms with E-state index in [1.165, 1.54) is 11.0 Å². The summed E-state index contributed by atoms with van der Waals surface area (Å²) in [6.45, 7) is 2.00. The van der Waals surface area contributed by atoms with Gasteiger partial charge in [0.05, 0.1) is 5.52 Å². The van der Waals surface area contributed by atoms with Crippen molar-refractivity contribution in [3.63, 3.8) is 0 Å². The summed E-state index contributed by atoms with van der Waals surface area (Å²) in [5.41, 5.74) is 7.85. The van der Waals surface area contributed by atoms with Crippen LogP contribution in [0.25, 0.3) is 17.0 Å². The van der Waals surface area contributed by atoms with Crippen LogP contribution in [-0.2, 0) is 27.3 Å². The van der Waals surface area contributed by atoms with Crippen molar-refractivity contribution in [3.05, 3.63) is 41.1 Å². The van der Waals surface area contributed by atoms with Crippen LogP contribution in [0.1, 0.15) is 50.2 Å². The summed E-state index contributed by atoms with van der Waals surface area (Å²) in [7, 11) is 0. The van der Waals surface area contributed by atoms with Crippen LogP contribution < -0.4 is 11.1 Å².